The standard InChI is InChI=1S/C13H16BrNO3/c14-9-3-4-11(16)10(7-9)12(17)15-8-13(18)5-1-2-6-13/h3-4,7,16,18H,1-2,5-6,8H2,(H,15,17). The molecule has 0 atom stereocenters. The van der Waals surface area contributed by atoms with E-state index in [0.717, 1.165) is 30.2 Å². The lowest BCUT2D eigenvalue weighted by atomic mass is 10.0. The van der Waals surface area contributed by atoms with Crippen molar-refractivity contribution in [2.45, 2.75) is 31.3 Å². The molecular weight excluding hydrogens is 298 g/mol. The first kappa shape index (κ1) is 13.4. The molecule has 1 aliphatic carbocycles. The number of carbonyl (C=O) groups excluding carboxylic acids is 1. The van der Waals surface area contributed by atoms with Gasteiger partial charge in [0.1, 0.15) is 5.75 Å². The second-order valence-electron chi connectivity index (χ2n) is 4.78. The molecule has 1 amide bonds. The minimum absolute atomic E-state index is 0.0610. The quantitative estimate of drug-likeness (QED) is 0.801. The Morgan fingerprint density at radius 3 is 2.72 bits per heavy atom. The molecule has 3 N–H and O–H groups in total. The fraction of sp³-hybridized carbons (Fsp3) is 0.462. The van der Waals surface area contributed by atoms with Crippen molar-refractivity contribution in [1.82, 2.24) is 5.32 Å². The number of aliphatic hydroxyl groups is 1. The summed E-state index contributed by atoms with van der Waals surface area (Å²) in [5.41, 5.74) is -0.567. The predicted molar refractivity (Wildman–Crippen MR) is 71.6 cm³/mol. The summed E-state index contributed by atoms with van der Waals surface area (Å²) < 4.78 is 0.727. The van der Waals surface area contributed by atoms with Crippen LogP contribution in [0.5, 0.6) is 5.75 Å². The lowest BCUT2D eigenvalue weighted by Crippen LogP contribution is -2.40. The zero-order chi connectivity index (χ0) is 13.2. The summed E-state index contributed by atoms with van der Waals surface area (Å²) in [5.74, 6) is -0.428. The third-order valence-corrected chi connectivity index (χ3v) is 3.81. The molecule has 1 aliphatic rings. The van der Waals surface area contributed by atoms with E-state index >= 15 is 0 Å². The van der Waals surface area contributed by atoms with E-state index in [4.69, 9.17) is 0 Å². The van der Waals surface area contributed by atoms with Crippen LogP contribution in [0.15, 0.2) is 22.7 Å². The van der Waals surface area contributed by atoms with Crippen LogP contribution in [-0.2, 0) is 0 Å². The maximum absolute atomic E-state index is 11.9. The van der Waals surface area contributed by atoms with Gasteiger partial charge in [-0.25, -0.2) is 0 Å². The first-order valence-electron chi connectivity index (χ1n) is 5.99. The highest BCUT2D eigenvalue weighted by Crippen LogP contribution is 2.29. The molecule has 1 saturated carbocycles. The molecular formula is C13H16BrNO3. The predicted octanol–water partition coefficient (Wildman–Crippen LogP) is 2.19. The average Bonchev–Trinajstić information content (AvgIpc) is 2.77. The van der Waals surface area contributed by atoms with E-state index < -0.39 is 5.60 Å². The van der Waals surface area contributed by atoms with Gasteiger partial charge in [-0.2, -0.15) is 0 Å². The molecule has 0 saturated heterocycles. The number of phenolic OH excluding ortho intramolecular Hbond substituents is 1. The van der Waals surface area contributed by atoms with Crippen molar-refractivity contribution in [3.05, 3.63) is 28.2 Å². The number of carbonyl (C=O) groups is 1. The zero-order valence-electron chi connectivity index (χ0n) is 9.95. The second kappa shape index (κ2) is 5.28. The van der Waals surface area contributed by atoms with Crippen molar-refractivity contribution in [2.75, 3.05) is 6.54 Å². The van der Waals surface area contributed by atoms with Crippen LogP contribution < -0.4 is 5.32 Å². The highest BCUT2D eigenvalue weighted by Gasteiger charge is 2.31. The Bertz CT molecular complexity index is 456. The largest absolute Gasteiger partial charge is 0.507 e. The van der Waals surface area contributed by atoms with E-state index in [9.17, 15) is 15.0 Å². The van der Waals surface area contributed by atoms with E-state index in [1.54, 1.807) is 12.1 Å². The third kappa shape index (κ3) is 3.03. The van der Waals surface area contributed by atoms with Crippen molar-refractivity contribution in [3.8, 4) is 5.75 Å². The Labute approximate surface area is 114 Å². The molecule has 0 heterocycles. The molecule has 1 fully saturated rings. The molecule has 98 valence electrons. The molecule has 0 spiro atoms. The molecule has 0 radical (unpaired) electrons. The molecule has 2 rings (SSSR count). The Morgan fingerprint density at radius 2 is 2.06 bits per heavy atom. The van der Waals surface area contributed by atoms with Crippen LogP contribution in [0.2, 0.25) is 0 Å². The average molecular weight is 314 g/mol. The van der Waals surface area contributed by atoms with Crippen molar-refractivity contribution >= 4 is 21.8 Å². The minimum atomic E-state index is -0.780. The van der Waals surface area contributed by atoms with Gasteiger partial charge >= 0.3 is 0 Å². The summed E-state index contributed by atoms with van der Waals surface area (Å²) in [5, 5.41) is 22.4. The molecule has 5 heteroatoms. The molecule has 0 unspecified atom stereocenters. The highest BCUT2D eigenvalue weighted by atomic mass is 79.9. The van der Waals surface area contributed by atoms with E-state index in [1.807, 2.05) is 0 Å². The van der Waals surface area contributed by atoms with E-state index in [1.165, 1.54) is 6.07 Å². The summed E-state index contributed by atoms with van der Waals surface area (Å²) in [6.07, 6.45) is 3.43. The summed E-state index contributed by atoms with van der Waals surface area (Å²) >= 11 is 3.25. The monoisotopic (exact) mass is 313 g/mol. The fourth-order valence-electron chi connectivity index (χ4n) is 2.24. The van der Waals surface area contributed by atoms with Gasteiger partial charge in [-0.1, -0.05) is 28.8 Å². The summed E-state index contributed by atoms with van der Waals surface area (Å²) in [6, 6.07) is 4.68. The number of phenols is 1. The third-order valence-electron chi connectivity index (χ3n) is 3.32. The van der Waals surface area contributed by atoms with Gasteiger partial charge < -0.3 is 15.5 Å². The van der Waals surface area contributed by atoms with Crippen molar-refractivity contribution < 1.29 is 15.0 Å². The number of amides is 1. The molecule has 1 aromatic carbocycles. The van der Waals surface area contributed by atoms with Gasteiger partial charge in [-0.15, -0.1) is 0 Å². The lowest BCUT2D eigenvalue weighted by Gasteiger charge is -2.22. The Balaban J connectivity index is 2.01. The van der Waals surface area contributed by atoms with Crippen LogP contribution in [0.1, 0.15) is 36.0 Å². The summed E-state index contributed by atoms with van der Waals surface area (Å²) in [7, 11) is 0. The molecule has 4 nitrogen and oxygen atoms in total. The van der Waals surface area contributed by atoms with Gasteiger partial charge in [0.2, 0.25) is 0 Å². The lowest BCUT2D eigenvalue weighted by molar-refractivity contribution is 0.0449. The maximum Gasteiger partial charge on any atom is 0.255 e. The van der Waals surface area contributed by atoms with E-state index in [-0.39, 0.29) is 23.8 Å². The van der Waals surface area contributed by atoms with Gasteiger partial charge in [-0.3, -0.25) is 4.79 Å². The van der Waals surface area contributed by atoms with Gasteiger partial charge in [0.25, 0.3) is 5.91 Å². The molecule has 18 heavy (non-hydrogen) atoms. The van der Waals surface area contributed by atoms with Crippen LogP contribution in [-0.4, -0.2) is 28.3 Å². The number of rotatable bonds is 3. The number of hydrogen-bond donors (Lipinski definition) is 3. The minimum Gasteiger partial charge on any atom is -0.507 e. The Morgan fingerprint density at radius 1 is 1.39 bits per heavy atom. The van der Waals surface area contributed by atoms with Gasteiger partial charge in [-0.05, 0) is 31.0 Å². The molecule has 0 bridgehead atoms. The summed E-state index contributed by atoms with van der Waals surface area (Å²) in [4.78, 5) is 11.9. The van der Waals surface area contributed by atoms with E-state index in [2.05, 4.69) is 21.2 Å². The van der Waals surface area contributed by atoms with Crippen LogP contribution in [0.4, 0.5) is 0 Å². The van der Waals surface area contributed by atoms with Crippen molar-refractivity contribution in [1.29, 1.82) is 0 Å². The number of benzene rings is 1. The van der Waals surface area contributed by atoms with Crippen molar-refractivity contribution in [3.63, 3.8) is 0 Å². The molecule has 0 aromatic heterocycles. The van der Waals surface area contributed by atoms with Crippen LogP contribution in [0.25, 0.3) is 0 Å². The SMILES string of the molecule is O=C(NCC1(O)CCCC1)c1cc(Br)ccc1O. The van der Waals surface area contributed by atoms with Crippen LogP contribution in [0, 0.1) is 0 Å². The highest BCUT2D eigenvalue weighted by molar-refractivity contribution is 9.10. The Hall–Kier alpha value is -1.07. The number of nitrogens with one attached hydrogen (secondary N) is 1. The number of hydrogen-bond acceptors (Lipinski definition) is 3. The fourth-order valence-corrected chi connectivity index (χ4v) is 2.60. The first-order chi connectivity index (χ1) is 8.50. The zero-order valence-corrected chi connectivity index (χ0v) is 11.5. The second-order valence-corrected chi connectivity index (χ2v) is 5.69. The summed E-state index contributed by atoms with van der Waals surface area (Å²) in [6.45, 7) is 0.234. The maximum atomic E-state index is 11.9. The van der Waals surface area contributed by atoms with Gasteiger partial charge in [0.15, 0.2) is 0 Å². The molecule has 0 aliphatic heterocycles. The normalized spacial score (nSPS) is 17.7. The van der Waals surface area contributed by atoms with Crippen LogP contribution in [0.3, 0.4) is 0 Å². The van der Waals surface area contributed by atoms with Crippen LogP contribution >= 0.6 is 15.9 Å². The first-order valence-corrected chi connectivity index (χ1v) is 6.79. The Kier molecular flexibility index (Phi) is 3.92. The van der Waals surface area contributed by atoms with Gasteiger partial charge in [0.05, 0.1) is 11.2 Å². The van der Waals surface area contributed by atoms with Crippen molar-refractivity contribution in [2.24, 2.45) is 0 Å². The van der Waals surface area contributed by atoms with E-state index in [0.29, 0.717) is 0 Å². The topological polar surface area (TPSA) is 69.6 Å². The number of aromatic hydroxyl groups is 1. The smallest absolute Gasteiger partial charge is 0.255 e. The molecule has 1 aromatic rings. The van der Waals surface area contributed by atoms with Gasteiger partial charge in [0, 0.05) is 11.0 Å². The number of halogens is 1.